The Kier molecular flexibility index (Phi) is 3.92. The summed E-state index contributed by atoms with van der Waals surface area (Å²) >= 11 is 0. The number of hydrogen-bond donors (Lipinski definition) is 2. The van der Waals surface area contributed by atoms with Crippen LogP contribution < -0.4 is 5.32 Å². The van der Waals surface area contributed by atoms with Crippen molar-refractivity contribution in [1.29, 1.82) is 0 Å². The number of aromatic carboxylic acids is 1. The molecule has 112 valence electrons. The summed E-state index contributed by atoms with van der Waals surface area (Å²) < 4.78 is 0. The SMILES string of the molecule is O=C(C1CC1)N1CC2CC(C1)N2.O=C(O)c1ccccc1. The minimum absolute atomic E-state index is 0.331. The third-order valence-electron chi connectivity index (χ3n) is 4.18. The summed E-state index contributed by atoms with van der Waals surface area (Å²) in [6.07, 6.45) is 3.56. The van der Waals surface area contributed by atoms with Crippen LogP contribution in [-0.4, -0.2) is 47.1 Å². The first-order chi connectivity index (χ1) is 10.1. The maximum absolute atomic E-state index is 11.6. The van der Waals surface area contributed by atoms with E-state index in [4.69, 9.17) is 5.11 Å². The van der Waals surface area contributed by atoms with Crippen LogP contribution in [0, 0.1) is 5.92 Å². The fourth-order valence-electron chi connectivity index (χ4n) is 2.86. The summed E-state index contributed by atoms with van der Waals surface area (Å²) in [5, 5.41) is 11.8. The van der Waals surface area contributed by atoms with Gasteiger partial charge in [0.1, 0.15) is 0 Å². The van der Waals surface area contributed by atoms with Gasteiger partial charge in [-0.15, -0.1) is 0 Å². The number of fused-ring (bicyclic) bond motifs is 2. The second-order valence-electron chi connectivity index (χ2n) is 5.98. The number of carboxylic acids is 1. The Morgan fingerprint density at radius 1 is 1.10 bits per heavy atom. The fourth-order valence-corrected chi connectivity index (χ4v) is 2.86. The standard InChI is InChI=1S/C9H14N2O.C7H6O2/c12-9(6-1-2-6)11-4-7-3-8(5-11)10-7;8-7(9)6-4-2-1-3-5-6/h6-8,10H,1-5H2;1-5H,(H,8,9). The van der Waals surface area contributed by atoms with Crippen molar-refractivity contribution in [2.24, 2.45) is 5.92 Å². The Hall–Kier alpha value is -1.88. The van der Waals surface area contributed by atoms with Gasteiger partial charge >= 0.3 is 5.97 Å². The van der Waals surface area contributed by atoms with Gasteiger partial charge in [0.15, 0.2) is 0 Å². The predicted molar refractivity (Wildman–Crippen MR) is 78.0 cm³/mol. The lowest BCUT2D eigenvalue weighted by atomic mass is 9.91. The van der Waals surface area contributed by atoms with Crippen molar-refractivity contribution in [1.82, 2.24) is 10.2 Å². The van der Waals surface area contributed by atoms with Gasteiger partial charge < -0.3 is 15.3 Å². The summed E-state index contributed by atoms with van der Waals surface area (Å²) in [7, 11) is 0. The largest absolute Gasteiger partial charge is 0.478 e. The van der Waals surface area contributed by atoms with E-state index >= 15 is 0 Å². The topological polar surface area (TPSA) is 69.6 Å². The highest BCUT2D eigenvalue weighted by molar-refractivity contribution is 5.87. The van der Waals surface area contributed by atoms with E-state index in [1.54, 1.807) is 30.3 Å². The van der Waals surface area contributed by atoms with E-state index in [9.17, 15) is 9.59 Å². The van der Waals surface area contributed by atoms with Crippen molar-refractivity contribution in [2.45, 2.75) is 31.3 Å². The number of hydrogen-bond acceptors (Lipinski definition) is 3. The molecule has 2 N–H and O–H groups in total. The molecule has 2 unspecified atom stereocenters. The van der Waals surface area contributed by atoms with Crippen LogP contribution in [0.25, 0.3) is 0 Å². The van der Waals surface area contributed by atoms with Gasteiger partial charge in [0.05, 0.1) is 5.56 Å². The molecule has 2 atom stereocenters. The summed E-state index contributed by atoms with van der Waals surface area (Å²) in [6, 6.07) is 9.53. The number of rotatable bonds is 2. The monoisotopic (exact) mass is 288 g/mol. The van der Waals surface area contributed by atoms with Crippen LogP contribution in [0.1, 0.15) is 29.6 Å². The van der Waals surface area contributed by atoms with Crippen LogP contribution in [-0.2, 0) is 4.79 Å². The van der Waals surface area contributed by atoms with Gasteiger partial charge in [-0.1, -0.05) is 18.2 Å². The Balaban J connectivity index is 0.000000133. The predicted octanol–water partition coefficient (Wildman–Crippen LogP) is 1.35. The third kappa shape index (κ3) is 3.42. The molecule has 4 fully saturated rings. The molecule has 5 nitrogen and oxygen atoms in total. The normalized spacial score (nSPS) is 26.2. The highest BCUT2D eigenvalue weighted by Crippen LogP contribution is 2.33. The molecule has 3 saturated heterocycles. The Morgan fingerprint density at radius 3 is 2.10 bits per heavy atom. The molecular formula is C16H20N2O3. The van der Waals surface area contributed by atoms with E-state index < -0.39 is 5.97 Å². The lowest BCUT2D eigenvalue weighted by Crippen LogP contribution is -2.67. The van der Waals surface area contributed by atoms with Crippen molar-refractivity contribution in [3.05, 3.63) is 35.9 Å². The molecular weight excluding hydrogens is 268 g/mol. The molecule has 2 bridgehead atoms. The smallest absolute Gasteiger partial charge is 0.335 e. The van der Waals surface area contributed by atoms with Crippen molar-refractivity contribution < 1.29 is 14.7 Å². The van der Waals surface area contributed by atoms with E-state index in [0.717, 1.165) is 25.9 Å². The van der Waals surface area contributed by atoms with Crippen LogP contribution in [0.2, 0.25) is 0 Å². The molecule has 3 aliphatic heterocycles. The van der Waals surface area contributed by atoms with Gasteiger partial charge in [-0.05, 0) is 31.4 Å². The highest BCUT2D eigenvalue weighted by atomic mass is 16.4. The molecule has 5 rings (SSSR count). The molecule has 1 saturated carbocycles. The molecule has 0 radical (unpaired) electrons. The second-order valence-corrected chi connectivity index (χ2v) is 5.98. The Morgan fingerprint density at radius 2 is 1.67 bits per heavy atom. The second kappa shape index (κ2) is 5.85. The van der Waals surface area contributed by atoms with E-state index in [2.05, 4.69) is 10.2 Å². The van der Waals surface area contributed by atoms with Crippen molar-refractivity contribution in [3.8, 4) is 0 Å². The van der Waals surface area contributed by atoms with E-state index in [1.165, 1.54) is 6.42 Å². The minimum atomic E-state index is -0.879. The quantitative estimate of drug-likeness (QED) is 0.862. The summed E-state index contributed by atoms with van der Waals surface area (Å²) in [6.45, 7) is 1.93. The summed E-state index contributed by atoms with van der Waals surface area (Å²) in [4.78, 5) is 23.9. The maximum atomic E-state index is 11.6. The number of carboxylic acid groups (broad SMARTS) is 1. The molecule has 21 heavy (non-hydrogen) atoms. The highest BCUT2D eigenvalue weighted by Gasteiger charge is 2.42. The third-order valence-corrected chi connectivity index (χ3v) is 4.18. The molecule has 1 amide bonds. The molecule has 4 aliphatic rings. The zero-order valence-corrected chi connectivity index (χ0v) is 11.9. The molecule has 3 heterocycles. The first kappa shape index (κ1) is 14.1. The van der Waals surface area contributed by atoms with Crippen molar-refractivity contribution >= 4 is 11.9 Å². The number of carbonyl (C=O) groups is 2. The number of piperazine rings is 1. The molecule has 0 spiro atoms. The molecule has 1 aliphatic carbocycles. The molecule has 0 aromatic heterocycles. The van der Waals surface area contributed by atoms with Crippen LogP contribution in [0.5, 0.6) is 0 Å². The number of nitrogens with zero attached hydrogens (tertiary/aromatic N) is 1. The molecule has 1 aromatic carbocycles. The lowest BCUT2D eigenvalue weighted by molar-refractivity contribution is -0.136. The summed E-state index contributed by atoms with van der Waals surface area (Å²) in [5.41, 5.74) is 0.331. The maximum Gasteiger partial charge on any atom is 0.335 e. The van der Waals surface area contributed by atoms with Gasteiger partial charge in [0, 0.05) is 31.1 Å². The zero-order valence-electron chi connectivity index (χ0n) is 11.9. The van der Waals surface area contributed by atoms with Crippen molar-refractivity contribution in [2.75, 3.05) is 13.1 Å². The van der Waals surface area contributed by atoms with Gasteiger partial charge in [0.2, 0.25) is 5.91 Å². The van der Waals surface area contributed by atoms with E-state index in [1.807, 2.05) is 0 Å². The van der Waals surface area contributed by atoms with Gasteiger partial charge in [-0.2, -0.15) is 0 Å². The van der Waals surface area contributed by atoms with Gasteiger partial charge in [0.25, 0.3) is 0 Å². The van der Waals surface area contributed by atoms with Crippen LogP contribution in [0.3, 0.4) is 0 Å². The van der Waals surface area contributed by atoms with E-state index in [-0.39, 0.29) is 0 Å². The number of amides is 1. The number of nitrogens with one attached hydrogen (secondary N) is 1. The van der Waals surface area contributed by atoms with Gasteiger partial charge in [-0.3, -0.25) is 4.79 Å². The average molecular weight is 288 g/mol. The lowest BCUT2D eigenvalue weighted by Gasteiger charge is -2.48. The van der Waals surface area contributed by atoms with E-state index in [0.29, 0.717) is 29.5 Å². The van der Waals surface area contributed by atoms with Crippen LogP contribution in [0.4, 0.5) is 0 Å². The van der Waals surface area contributed by atoms with Crippen molar-refractivity contribution in [3.63, 3.8) is 0 Å². The van der Waals surface area contributed by atoms with Gasteiger partial charge in [-0.25, -0.2) is 4.79 Å². The number of piperidine rings is 1. The number of carbonyl (C=O) groups excluding carboxylic acids is 1. The average Bonchev–Trinajstić information content (AvgIpc) is 3.32. The zero-order chi connectivity index (χ0) is 14.8. The first-order valence-corrected chi connectivity index (χ1v) is 7.46. The Bertz CT molecular complexity index is 512. The fraction of sp³-hybridized carbons (Fsp3) is 0.500. The minimum Gasteiger partial charge on any atom is -0.478 e. The molecule has 5 heteroatoms. The van der Waals surface area contributed by atoms with Crippen LogP contribution >= 0.6 is 0 Å². The first-order valence-electron chi connectivity index (χ1n) is 7.46. The summed E-state index contributed by atoms with van der Waals surface area (Å²) in [5.74, 6) is -0.0516. The Labute approximate surface area is 123 Å². The number of benzene rings is 1. The van der Waals surface area contributed by atoms with Crippen LogP contribution in [0.15, 0.2) is 30.3 Å². The molecule has 1 aromatic rings.